The predicted molar refractivity (Wildman–Crippen MR) is 131 cm³/mol. The fourth-order valence-corrected chi connectivity index (χ4v) is 4.39. The fraction of sp³-hybridized carbons (Fsp3) is 0.200. The van der Waals surface area contributed by atoms with Gasteiger partial charge in [0.2, 0.25) is 0 Å². The normalized spacial score (nSPS) is 15.6. The lowest BCUT2D eigenvalue weighted by Gasteiger charge is -2.10. The van der Waals surface area contributed by atoms with Crippen molar-refractivity contribution < 1.29 is 0 Å². The first-order valence-electron chi connectivity index (χ1n) is 11.5. The van der Waals surface area contributed by atoms with Crippen LogP contribution in [0.1, 0.15) is 48.6 Å². The maximum Gasteiger partial charge on any atom is 0.0384 e. The molecule has 4 aromatic carbocycles. The van der Waals surface area contributed by atoms with E-state index in [2.05, 4.69) is 102 Å². The summed E-state index contributed by atoms with van der Waals surface area (Å²) >= 11 is 0. The Morgan fingerprint density at radius 1 is 0.387 bits per heavy atom. The molecule has 2 fully saturated rings. The highest BCUT2D eigenvalue weighted by atomic mass is 14.9. The van der Waals surface area contributed by atoms with E-state index < -0.39 is 0 Å². The zero-order valence-corrected chi connectivity index (χ0v) is 17.7. The summed E-state index contributed by atoms with van der Waals surface area (Å²) in [5.41, 5.74) is 10.3. The molecule has 0 unspecified atom stereocenters. The highest BCUT2D eigenvalue weighted by Crippen LogP contribution is 2.41. The van der Waals surface area contributed by atoms with Crippen LogP contribution in [-0.2, 0) is 0 Å². The van der Waals surface area contributed by atoms with Crippen molar-refractivity contribution in [1.29, 1.82) is 0 Å². The smallest absolute Gasteiger partial charge is 0.0384 e. The summed E-state index contributed by atoms with van der Waals surface area (Å²) in [7, 11) is 0. The fourth-order valence-electron chi connectivity index (χ4n) is 4.39. The second kappa shape index (κ2) is 7.74. The van der Waals surface area contributed by atoms with Gasteiger partial charge in [0.1, 0.15) is 0 Å². The number of hydrogen-bond donors (Lipinski definition) is 1. The molecule has 0 aliphatic heterocycles. The summed E-state index contributed by atoms with van der Waals surface area (Å²) in [6.07, 6.45) is 5.42. The quantitative estimate of drug-likeness (QED) is 0.341. The molecule has 152 valence electrons. The lowest BCUT2D eigenvalue weighted by molar-refractivity contribution is 1.13. The van der Waals surface area contributed by atoms with Gasteiger partial charge in [0.15, 0.2) is 0 Å². The highest BCUT2D eigenvalue weighted by molar-refractivity contribution is 5.71. The number of nitrogens with one attached hydrogen (secondary N) is 1. The van der Waals surface area contributed by atoms with Crippen LogP contribution >= 0.6 is 0 Å². The van der Waals surface area contributed by atoms with Crippen molar-refractivity contribution in [3.63, 3.8) is 0 Å². The first-order chi connectivity index (χ1) is 15.3. The van der Waals surface area contributed by atoms with Gasteiger partial charge in [-0.1, -0.05) is 72.8 Å². The number of hydrogen-bond acceptors (Lipinski definition) is 1. The minimum Gasteiger partial charge on any atom is -0.356 e. The van der Waals surface area contributed by atoms with Crippen molar-refractivity contribution in [2.75, 3.05) is 5.32 Å². The Morgan fingerprint density at radius 3 is 0.968 bits per heavy atom. The zero-order valence-electron chi connectivity index (χ0n) is 17.7. The van der Waals surface area contributed by atoms with E-state index >= 15 is 0 Å². The summed E-state index contributed by atoms with van der Waals surface area (Å²) in [5.74, 6) is 1.63. The Kier molecular flexibility index (Phi) is 4.61. The molecule has 0 heterocycles. The molecule has 1 heteroatoms. The van der Waals surface area contributed by atoms with Gasteiger partial charge < -0.3 is 5.32 Å². The summed E-state index contributed by atoms with van der Waals surface area (Å²) < 4.78 is 0. The average Bonchev–Trinajstić information content (AvgIpc) is 3.73. The van der Waals surface area contributed by atoms with Crippen LogP contribution in [0.3, 0.4) is 0 Å². The highest BCUT2D eigenvalue weighted by Gasteiger charge is 2.23. The molecule has 2 aliphatic carbocycles. The van der Waals surface area contributed by atoms with Gasteiger partial charge in [0.25, 0.3) is 0 Å². The van der Waals surface area contributed by atoms with Gasteiger partial charge in [-0.2, -0.15) is 0 Å². The molecule has 0 radical (unpaired) electrons. The zero-order chi connectivity index (χ0) is 20.6. The van der Waals surface area contributed by atoms with Gasteiger partial charge in [-0.3, -0.25) is 0 Å². The molecule has 0 aromatic heterocycles. The third-order valence-electron chi connectivity index (χ3n) is 6.64. The molecule has 31 heavy (non-hydrogen) atoms. The second-order valence-corrected chi connectivity index (χ2v) is 9.07. The predicted octanol–water partition coefficient (Wildman–Crippen LogP) is 8.52. The van der Waals surface area contributed by atoms with Crippen molar-refractivity contribution in [2.45, 2.75) is 37.5 Å². The van der Waals surface area contributed by atoms with Crippen LogP contribution in [0.2, 0.25) is 0 Å². The van der Waals surface area contributed by atoms with Crippen LogP contribution in [0.5, 0.6) is 0 Å². The van der Waals surface area contributed by atoms with E-state index in [0.29, 0.717) is 0 Å². The van der Waals surface area contributed by atoms with Gasteiger partial charge in [-0.15, -0.1) is 0 Å². The van der Waals surface area contributed by atoms with Crippen LogP contribution in [0.25, 0.3) is 22.3 Å². The van der Waals surface area contributed by atoms with Crippen LogP contribution in [0, 0.1) is 0 Å². The molecule has 2 saturated carbocycles. The standard InChI is InChI=1S/C30H27N/c1-2-21(1)23-5-9-25(10-6-23)27-13-17-29(18-14-27)31-30-19-15-28(16-20-30)26-11-7-24(8-12-26)22-3-4-22/h5-22,31H,1-4H2. The topological polar surface area (TPSA) is 12.0 Å². The Hall–Kier alpha value is -3.32. The molecule has 0 spiro atoms. The average molecular weight is 402 g/mol. The minimum atomic E-state index is 0.814. The summed E-state index contributed by atoms with van der Waals surface area (Å²) in [5, 5.41) is 3.53. The Morgan fingerprint density at radius 2 is 0.677 bits per heavy atom. The van der Waals surface area contributed by atoms with Crippen LogP contribution in [-0.4, -0.2) is 0 Å². The van der Waals surface area contributed by atoms with Gasteiger partial charge >= 0.3 is 0 Å². The Balaban J connectivity index is 1.12. The molecule has 6 rings (SSSR count). The third kappa shape index (κ3) is 4.14. The van der Waals surface area contributed by atoms with Crippen LogP contribution < -0.4 is 5.32 Å². The first-order valence-corrected chi connectivity index (χ1v) is 11.5. The van der Waals surface area contributed by atoms with Gasteiger partial charge in [-0.05, 0) is 95.2 Å². The minimum absolute atomic E-state index is 0.814. The van der Waals surface area contributed by atoms with Crippen LogP contribution in [0.15, 0.2) is 97.1 Å². The maximum absolute atomic E-state index is 3.53. The van der Waals surface area contributed by atoms with Crippen molar-refractivity contribution in [3.8, 4) is 22.3 Å². The SMILES string of the molecule is c1cc(-c2ccc(C3CC3)cc2)ccc1Nc1ccc(-c2ccc(C3CC3)cc2)cc1. The number of anilines is 2. The molecule has 0 amide bonds. The molecule has 1 N–H and O–H groups in total. The second-order valence-electron chi connectivity index (χ2n) is 9.07. The van der Waals surface area contributed by atoms with Gasteiger partial charge in [0, 0.05) is 11.4 Å². The van der Waals surface area contributed by atoms with E-state index in [4.69, 9.17) is 0 Å². The molecule has 0 atom stereocenters. The van der Waals surface area contributed by atoms with Crippen LogP contribution in [0.4, 0.5) is 11.4 Å². The number of benzene rings is 4. The van der Waals surface area contributed by atoms with E-state index in [1.807, 2.05) is 0 Å². The Bertz CT molecular complexity index is 1060. The van der Waals surface area contributed by atoms with Crippen molar-refractivity contribution in [2.24, 2.45) is 0 Å². The van der Waals surface area contributed by atoms with E-state index in [1.54, 1.807) is 0 Å². The first kappa shape index (κ1) is 18.4. The van der Waals surface area contributed by atoms with E-state index in [-0.39, 0.29) is 0 Å². The van der Waals surface area contributed by atoms with Crippen molar-refractivity contribution in [1.82, 2.24) is 0 Å². The molecule has 1 nitrogen and oxygen atoms in total. The summed E-state index contributed by atoms with van der Waals surface area (Å²) in [6, 6.07) is 35.6. The summed E-state index contributed by atoms with van der Waals surface area (Å²) in [6.45, 7) is 0. The Labute approximate surface area is 184 Å². The monoisotopic (exact) mass is 401 g/mol. The lowest BCUT2D eigenvalue weighted by atomic mass is 10.0. The van der Waals surface area contributed by atoms with Gasteiger partial charge in [-0.25, -0.2) is 0 Å². The summed E-state index contributed by atoms with van der Waals surface area (Å²) in [4.78, 5) is 0. The molecule has 0 bridgehead atoms. The molecular weight excluding hydrogens is 374 g/mol. The van der Waals surface area contributed by atoms with E-state index in [0.717, 1.165) is 23.2 Å². The lowest BCUT2D eigenvalue weighted by Crippen LogP contribution is -1.90. The molecule has 2 aliphatic rings. The molecular formula is C30H27N. The molecule has 0 saturated heterocycles. The molecule has 4 aromatic rings. The largest absolute Gasteiger partial charge is 0.356 e. The maximum atomic E-state index is 3.53. The van der Waals surface area contributed by atoms with E-state index in [1.165, 1.54) is 59.1 Å². The van der Waals surface area contributed by atoms with E-state index in [9.17, 15) is 0 Å². The third-order valence-corrected chi connectivity index (χ3v) is 6.64. The number of rotatable bonds is 6. The van der Waals surface area contributed by atoms with Crippen molar-refractivity contribution in [3.05, 3.63) is 108 Å². The van der Waals surface area contributed by atoms with Gasteiger partial charge in [0.05, 0.1) is 0 Å². The van der Waals surface area contributed by atoms with Crippen molar-refractivity contribution >= 4 is 11.4 Å².